The predicted molar refractivity (Wildman–Crippen MR) is 115 cm³/mol. The number of hydrogen-bond acceptors (Lipinski definition) is 2. The summed E-state index contributed by atoms with van der Waals surface area (Å²) in [5.41, 5.74) is 7.55. The summed E-state index contributed by atoms with van der Waals surface area (Å²) in [6.07, 6.45) is 2.04. The minimum absolute atomic E-state index is 0.554. The summed E-state index contributed by atoms with van der Waals surface area (Å²) in [7, 11) is 2.04. The topological polar surface area (TPSA) is 40.8 Å². The van der Waals surface area contributed by atoms with E-state index in [1.807, 2.05) is 61.8 Å². The zero-order chi connectivity index (χ0) is 20.0. The number of benzene rings is 3. The van der Waals surface area contributed by atoms with Crippen molar-refractivity contribution < 1.29 is 8.98 Å². The summed E-state index contributed by atoms with van der Waals surface area (Å²) in [5, 5.41) is 11.6. The van der Waals surface area contributed by atoms with E-state index in [4.69, 9.17) is 4.42 Å². The number of aromatic nitrogens is 1. The third-order valence-corrected chi connectivity index (χ3v) is 5.48. The Morgan fingerprint density at radius 1 is 0.897 bits per heavy atom. The van der Waals surface area contributed by atoms with E-state index in [-0.39, 0.29) is 0 Å². The minimum Gasteiger partial charge on any atom is -0.454 e. The number of aryl methyl sites for hydroxylation is 2. The van der Waals surface area contributed by atoms with Gasteiger partial charge in [0.25, 0.3) is 0 Å². The number of nitriles is 1. The molecule has 5 rings (SSSR count). The van der Waals surface area contributed by atoms with Crippen LogP contribution in [0.5, 0.6) is 0 Å². The van der Waals surface area contributed by atoms with Crippen molar-refractivity contribution in [3.63, 3.8) is 0 Å². The van der Waals surface area contributed by atoms with Gasteiger partial charge in [-0.3, -0.25) is 0 Å². The van der Waals surface area contributed by atoms with Gasteiger partial charge in [0.15, 0.2) is 11.8 Å². The standard InChI is InChI=1S/C26H19N2O/c1-17-15-21(18-9-4-3-5-10-18)24-20-12-8-11-19(16-27)25(20)29-26(24)23(17)22-13-6-7-14-28(22)2/h3-15H,1-2H3/q+1. The number of hydrogen-bond donors (Lipinski definition) is 0. The van der Waals surface area contributed by atoms with E-state index in [0.29, 0.717) is 11.1 Å². The van der Waals surface area contributed by atoms with Crippen LogP contribution in [0.1, 0.15) is 11.1 Å². The van der Waals surface area contributed by atoms with Crippen LogP contribution in [-0.4, -0.2) is 0 Å². The van der Waals surface area contributed by atoms with E-state index >= 15 is 0 Å². The van der Waals surface area contributed by atoms with Gasteiger partial charge in [-0.1, -0.05) is 42.5 Å². The van der Waals surface area contributed by atoms with E-state index < -0.39 is 0 Å². The Bertz CT molecular complexity index is 1420. The quantitative estimate of drug-likeness (QED) is 0.359. The molecule has 29 heavy (non-hydrogen) atoms. The van der Waals surface area contributed by atoms with Crippen LogP contribution >= 0.6 is 0 Å². The molecule has 0 amide bonds. The first-order valence-corrected chi connectivity index (χ1v) is 9.58. The molecule has 5 aromatic rings. The van der Waals surface area contributed by atoms with E-state index in [0.717, 1.165) is 44.3 Å². The Balaban J connectivity index is 2.01. The molecule has 0 atom stereocenters. The fourth-order valence-corrected chi connectivity index (χ4v) is 4.14. The molecule has 0 saturated heterocycles. The van der Waals surface area contributed by atoms with Crippen LogP contribution in [0, 0.1) is 18.3 Å². The molecule has 0 aliphatic rings. The van der Waals surface area contributed by atoms with Crippen LogP contribution in [0.3, 0.4) is 0 Å². The SMILES string of the molecule is Cc1cc(-c2ccccc2)c2c(oc3c(C#N)cccc32)c1-c1cccc[n+]1C. The highest BCUT2D eigenvalue weighted by Gasteiger charge is 2.24. The van der Waals surface area contributed by atoms with Gasteiger partial charge in [-0.25, -0.2) is 4.57 Å². The van der Waals surface area contributed by atoms with Crippen LogP contribution in [0.4, 0.5) is 0 Å². The van der Waals surface area contributed by atoms with E-state index in [2.05, 4.69) is 41.8 Å². The van der Waals surface area contributed by atoms with Gasteiger partial charge in [0, 0.05) is 22.9 Å². The highest BCUT2D eigenvalue weighted by Crippen LogP contribution is 2.43. The first kappa shape index (κ1) is 17.2. The molecule has 0 saturated carbocycles. The lowest BCUT2D eigenvalue weighted by Gasteiger charge is -2.10. The number of furan rings is 1. The number of rotatable bonds is 2. The molecule has 0 bridgehead atoms. The fraction of sp³-hybridized carbons (Fsp3) is 0.0769. The van der Waals surface area contributed by atoms with Crippen LogP contribution in [0.2, 0.25) is 0 Å². The molecule has 0 N–H and O–H groups in total. The second-order valence-corrected chi connectivity index (χ2v) is 7.28. The lowest BCUT2D eigenvalue weighted by molar-refractivity contribution is -0.660. The van der Waals surface area contributed by atoms with Gasteiger partial charge in [0.1, 0.15) is 18.7 Å². The van der Waals surface area contributed by atoms with Gasteiger partial charge >= 0.3 is 0 Å². The molecule has 0 aliphatic carbocycles. The smallest absolute Gasteiger partial charge is 0.216 e. The number of pyridine rings is 1. The molecule has 3 nitrogen and oxygen atoms in total. The van der Waals surface area contributed by atoms with Gasteiger partial charge < -0.3 is 4.42 Å². The first-order valence-electron chi connectivity index (χ1n) is 9.58. The van der Waals surface area contributed by atoms with Gasteiger partial charge in [-0.05, 0) is 41.8 Å². The maximum absolute atomic E-state index is 9.62. The van der Waals surface area contributed by atoms with Crippen LogP contribution in [0.15, 0.2) is 83.4 Å². The predicted octanol–water partition coefficient (Wildman–Crippen LogP) is 5.92. The van der Waals surface area contributed by atoms with E-state index in [9.17, 15) is 5.26 Å². The van der Waals surface area contributed by atoms with Crippen molar-refractivity contribution in [2.24, 2.45) is 7.05 Å². The monoisotopic (exact) mass is 375 g/mol. The largest absolute Gasteiger partial charge is 0.454 e. The third-order valence-electron chi connectivity index (χ3n) is 5.48. The van der Waals surface area contributed by atoms with Crippen molar-refractivity contribution in [1.82, 2.24) is 0 Å². The van der Waals surface area contributed by atoms with E-state index in [1.165, 1.54) is 0 Å². The Kier molecular flexibility index (Phi) is 3.93. The van der Waals surface area contributed by atoms with Crippen LogP contribution < -0.4 is 4.57 Å². The third kappa shape index (κ3) is 2.61. The van der Waals surface area contributed by atoms with Gasteiger partial charge in [-0.15, -0.1) is 0 Å². The summed E-state index contributed by atoms with van der Waals surface area (Å²) in [6.45, 7) is 2.12. The summed E-state index contributed by atoms with van der Waals surface area (Å²) in [5.74, 6) is 0. The lowest BCUT2D eigenvalue weighted by atomic mass is 9.92. The minimum atomic E-state index is 0.554. The van der Waals surface area contributed by atoms with Crippen LogP contribution in [-0.2, 0) is 7.05 Å². The summed E-state index contributed by atoms with van der Waals surface area (Å²) >= 11 is 0. The second kappa shape index (κ2) is 6.61. The summed E-state index contributed by atoms with van der Waals surface area (Å²) in [6, 6.07) is 26.8. The zero-order valence-electron chi connectivity index (χ0n) is 16.3. The Hall–Kier alpha value is -3.90. The average molecular weight is 375 g/mol. The number of fused-ring (bicyclic) bond motifs is 3. The Labute approximate surface area is 169 Å². The summed E-state index contributed by atoms with van der Waals surface area (Å²) in [4.78, 5) is 0. The van der Waals surface area contributed by atoms with E-state index in [1.54, 1.807) is 0 Å². The van der Waals surface area contributed by atoms with Crippen molar-refractivity contribution in [3.8, 4) is 28.5 Å². The molecule has 0 radical (unpaired) electrons. The molecule has 0 aliphatic heterocycles. The molecule has 2 heterocycles. The maximum Gasteiger partial charge on any atom is 0.216 e. The first-order chi connectivity index (χ1) is 14.2. The molecule has 0 spiro atoms. The highest BCUT2D eigenvalue weighted by atomic mass is 16.3. The van der Waals surface area contributed by atoms with Crippen molar-refractivity contribution >= 4 is 21.9 Å². The van der Waals surface area contributed by atoms with Crippen molar-refractivity contribution in [3.05, 3.63) is 90.1 Å². The van der Waals surface area contributed by atoms with Gasteiger partial charge in [0.2, 0.25) is 5.69 Å². The van der Waals surface area contributed by atoms with Crippen molar-refractivity contribution in [2.75, 3.05) is 0 Å². The molecule has 0 unspecified atom stereocenters. The average Bonchev–Trinajstić information content (AvgIpc) is 3.14. The molecule has 138 valence electrons. The normalized spacial score (nSPS) is 11.1. The Morgan fingerprint density at radius 3 is 2.45 bits per heavy atom. The van der Waals surface area contributed by atoms with Gasteiger partial charge in [-0.2, -0.15) is 5.26 Å². The number of para-hydroxylation sites is 1. The summed E-state index contributed by atoms with van der Waals surface area (Å²) < 4.78 is 8.52. The molecule has 2 aromatic heterocycles. The molecular weight excluding hydrogens is 356 g/mol. The molecule has 3 aromatic carbocycles. The number of nitrogens with zero attached hydrogens (tertiary/aromatic N) is 2. The molecular formula is C26H19N2O+. The molecule has 0 fully saturated rings. The van der Waals surface area contributed by atoms with Crippen molar-refractivity contribution in [2.45, 2.75) is 6.92 Å². The Morgan fingerprint density at radius 2 is 1.69 bits per heavy atom. The maximum atomic E-state index is 9.62. The van der Waals surface area contributed by atoms with Gasteiger partial charge in [0.05, 0.1) is 11.1 Å². The molecule has 3 heteroatoms. The zero-order valence-corrected chi connectivity index (χ0v) is 16.3. The lowest BCUT2D eigenvalue weighted by Crippen LogP contribution is -2.30. The highest BCUT2D eigenvalue weighted by molar-refractivity contribution is 6.17. The van der Waals surface area contributed by atoms with Crippen molar-refractivity contribution in [1.29, 1.82) is 5.26 Å². The fourth-order valence-electron chi connectivity index (χ4n) is 4.14. The van der Waals surface area contributed by atoms with Crippen LogP contribution in [0.25, 0.3) is 44.3 Å². The second-order valence-electron chi connectivity index (χ2n) is 7.28.